The summed E-state index contributed by atoms with van der Waals surface area (Å²) in [7, 11) is -1.82. The van der Waals surface area contributed by atoms with Crippen LogP contribution in [0.25, 0.3) is 0 Å². The Kier molecular flexibility index (Phi) is 16.8. The molecule has 0 saturated heterocycles. The molecule has 0 amide bonds. The number of unbranched alkanes of at least 4 members (excludes halogenated alkanes) is 2. The zero-order chi connectivity index (χ0) is 22.1. The summed E-state index contributed by atoms with van der Waals surface area (Å²) in [6.45, 7) is 13.4. The summed E-state index contributed by atoms with van der Waals surface area (Å²) in [5.74, 6) is 0.687. The van der Waals surface area contributed by atoms with E-state index < -0.39 is 7.82 Å². The van der Waals surface area contributed by atoms with Crippen LogP contribution in [-0.2, 0) is 13.6 Å². The Morgan fingerprint density at radius 1 is 0.931 bits per heavy atom. The van der Waals surface area contributed by atoms with Gasteiger partial charge >= 0.3 is 7.82 Å². The van der Waals surface area contributed by atoms with Crippen molar-refractivity contribution in [1.29, 1.82) is 0 Å². The second-order valence-electron chi connectivity index (χ2n) is 7.99. The van der Waals surface area contributed by atoms with Gasteiger partial charge in [-0.25, -0.2) is 4.57 Å². The van der Waals surface area contributed by atoms with Crippen LogP contribution in [0.5, 0.6) is 0 Å². The number of hydrogen-bond donors (Lipinski definition) is 1. The van der Waals surface area contributed by atoms with E-state index in [2.05, 4.69) is 63.9 Å². The molecule has 7 heteroatoms. The van der Waals surface area contributed by atoms with Crippen molar-refractivity contribution in [2.45, 2.75) is 86.0 Å². The van der Waals surface area contributed by atoms with Gasteiger partial charge in [0.1, 0.15) is 0 Å². The predicted octanol–water partition coefficient (Wildman–Crippen LogP) is 6.24. The zero-order valence-corrected chi connectivity index (χ0v) is 20.7. The fourth-order valence-corrected chi connectivity index (χ4v) is 3.90. The maximum Gasteiger partial charge on any atom is 0.472 e. The van der Waals surface area contributed by atoms with Gasteiger partial charge in [-0.05, 0) is 31.6 Å². The maximum absolute atomic E-state index is 11.9. The van der Waals surface area contributed by atoms with Crippen LogP contribution in [0.2, 0.25) is 0 Å². The molecule has 1 rings (SSSR count). The minimum absolute atomic E-state index is 0.316. The molecule has 0 aromatic heterocycles. The fourth-order valence-electron chi connectivity index (χ4n) is 3.03. The molecule has 1 heterocycles. The first-order valence-electron chi connectivity index (χ1n) is 11.6. The lowest BCUT2D eigenvalue weighted by molar-refractivity contribution is 0.110. The number of nitrogens with zero attached hydrogens (tertiary/aromatic N) is 2. The van der Waals surface area contributed by atoms with E-state index in [0.717, 1.165) is 64.6 Å². The molecule has 0 bridgehead atoms. The van der Waals surface area contributed by atoms with Gasteiger partial charge in [0.15, 0.2) is 0 Å². The molecule has 1 aliphatic heterocycles. The van der Waals surface area contributed by atoms with Gasteiger partial charge in [-0.2, -0.15) is 0 Å². The second kappa shape index (κ2) is 17.2. The first kappa shape index (κ1) is 28.5. The number of rotatable bonds is 15. The SMILES string of the molecule is CCCCC(CC)COP(=O)(O)OCC(CC)CCCC.CCN1C=CN(C)C1. The summed E-state index contributed by atoms with van der Waals surface area (Å²) >= 11 is 0. The Labute approximate surface area is 180 Å². The topological polar surface area (TPSA) is 62.2 Å². The van der Waals surface area contributed by atoms with Crippen LogP contribution in [-0.4, -0.2) is 48.2 Å². The van der Waals surface area contributed by atoms with E-state index in [9.17, 15) is 9.46 Å². The second-order valence-corrected chi connectivity index (χ2v) is 9.45. The van der Waals surface area contributed by atoms with Crippen molar-refractivity contribution in [3.63, 3.8) is 0 Å². The van der Waals surface area contributed by atoms with Crippen LogP contribution < -0.4 is 0 Å². The van der Waals surface area contributed by atoms with Gasteiger partial charge in [0, 0.05) is 26.0 Å². The van der Waals surface area contributed by atoms with Gasteiger partial charge in [0.25, 0.3) is 0 Å². The van der Waals surface area contributed by atoms with Gasteiger partial charge < -0.3 is 14.7 Å². The highest BCUT2D eigenvalue weighted by molar-refractivity contribution is 7.47. The lowest BCUT2D eigenvalue weighted by Crippen LogP contribution is -2.21. The van der Waals surface area contributed by atoms with Crippen LogP contribution in [0.1, 0.15) is 86.0 Å². The largest absolute Gasteiger partial charge is 0.472 e. The highest BCUT2D eigenvalue weighted by Crippen LogP contribution is 2.44. The third-order valence-electron chi connectivity index (χ3n) is 5.38. The Balaban J connectivity index is 0.000000807. The Morgan fingerprint density at radius 2 is 1.41 bits per heavy atom. The fraction of sp³-hybridized carbons (Fsp3) is 0.909. The van der Waals surface area contributed by atoms with E-state index in [1.807, 2.05) is 0 Å². The van der Waals surface area contributed by atoms with Crippen LogP contribution in [0.3, 0.4) is 0 Å². The summed E-state index contributed by atoms with van der Waals surface area (Å²) < 4.78 is 22.2. The highest BCUT2D eigenvalue weighted by atomic mass is 31.2. The Hall–Kier alpha value is -0.550. The van der Waals surface area contributed by atoms with Gasteiger partial charge in [-0.3, -0.25) is 9.05 Å². The molecule has 2 atom stereocenters. The van der Waals surface area contributed by atoms with Crippen molar-refractivity contribution in [3.8, 4) is 0 Å². The molecule has 2 unspecified atom stereocenters. The number of phosphoric acid groups is 1. The molecule has 0 aliphatic carbocycles. The average molecular weight is 435 g/mol. The van der Waals surface area contributed by atoms with E-state index >= 15 is 0 Å². The first-order valence-corrected chi connectivity index (χ1v) is 13.1. The standard InChI is InChI=1S/C16H35O4P.C6H12N2/c1-5-9-11-15(7-3)13-19-21(17,18)20-14-16(8-4)12-10-6-2;1-3-8-5-4-7(2)6-8/h15-16H,5-14H2,1-4H3,(H,17,18);4-5H,3,6H2,1-2H3. The molecular weight excluding hydrogens is 387 g/mol. The van der Waals surface area contributed by atoms with E-state index in [0.29, 0.717) is 25.0 Å². The first-order chi connectivity index (χ1) is 13.8. The summed E-state index contributed by atoms with van der Waals surface area (Å²) in [5, 5.41) is 0. The molecule has 0 aromatic carbocycles. The molecular formula is C22H47N2O4P. The van der Waals surface area contributed by atoms with Crippen molar-refractivity contribution >= 4 is 7.82 Å². The van der Waals surface area contributed by atoms with E-state index in [1.54, 1.807) is 0 Å². The minimum atomic E-state index is -3.89. The molecule has 0 saturated carbocycles. The number of hydrogen-bond acceptors (Lipinski definition) is 5. The lowest BCUT2D eigenvalue weighted by Gasteiger charge is -2.20. The smallest absolute Gasteiger partial charge is 0.362 e. The van der Waals surface area contributed by atoms with Gasteiger partial charge in [0.2, 0.25) is 0 Å². The summed E-state index contributed by atoms with van der Waals surface area (Å²) in [5.41, 5.74) is 0. The highest BCUT2D eigenvalue weighted by Gasteiger charge is 2.24. The average Bonchev–Trinajstić information content (AvgIpc) is 3.14. The maximum atomic E-state index is 11.9. The molecule has 1 aliphatic rings. The van der Waals surface area contributed by atoms with Crippen molar-refractivity contribution in [1.82, 2.24) is 9.80 Å². The van der Waals surface area contributed by atoms with Crippen molar-refractivity contribution in [3.05, 3.63) is 12.4 Å². The Bertz CT molecular complexity index is 438. The molecule has 0 fully saturated rings. The number of phosphoric ester groups is 1. The zero-order valence-electron chi connectivity index (χ0n) is 19.8. The summed E-state index contributed by atoms with van der Waals surface area (Å²) in [6, 6.07) is 0. The van der Waals surface area contributed by atoms with E-state index in [-0.39, 0.29) is 0 Å². The van der Waals surface area contributed by atoms with Crippen LogP contribution in [0.4, 0.5) is 0 Å². The third kappa shape index (κ3) is 15.0. The molecule has 1 N–H and O–H groups in total. The van der Waals surface area contributed by atoms with Gasteiger partial charge in [-0.1, -0.05) is 66.2 Å². The summed E-state index contributed by atoms with van der Waals surface area (Å²) in [6.07, 6.45) is 12.8. The quantitative estimate of drug-likeness (QED) is 0.308. The lowest BCUT2D eigenvalue weighted by atomic mass is 10.0. The molecule has 0 aromatic rings. The van der Waals surface area contributed by atoms with Crippen LogP contribution in [0, 0.1) is 11.8 Å². The van der Waals surface area contributed by atoms with E-state index in [1.165, 1.54) is 0 Å². The molecule has 0 radical (unpaired) electrons. The molecule has 6 nitrogen and oxygen atoms in total. The predicted molar refractivity (Wildman–Crippen MR) is 122 cm³/mol. The van der Waals surface area contributed by atoms with Crippen molar-refractivity contribution < 1.29 is 18.5 Å². The summed E-state index contributed by atoms with van der Waals surface area (Å²) in [4.78, 5) is 14.2. The third-order valence-corrected chi connectivity index (χ3v) is 6.33. The van der Waals surface area contributed by atoms with Crippen LogP contribution in [0.15, 0.2) is 12.4 Å². The minimum Gasteiger partial charge on any atom is -0.362 e. The Morgan fingerprint density at radius 3 is 1.69 bits per heavy atom. The molecule has 0 spiro atoms. The molecule has 174 valence electrons. The van der Waals surface area contributed by atoms with Crippen molar-refractivity contribution in [2.75, 3.05) is 33.5 Å². The van der Waals surface area contributed by atoms with Gasteiger partial charge in [0.05, 0.1) is 19.9 Å². The molecule has 29 heavy (non-hydrogen) atoms. The monoisotopic (exact) mass is 434 g/mol. The van der Waals surface area contributed by atoms with Gasteiger partial charge in [-0.15, -0.1) is 0 Å². The normalized spacial score (nSPS) is 17.6. The van der Waals surface area contributed by atoms with E-state index in [4.69, 9.17) is 9.05 Å². The van der Waals surface area contributed by atoms with Crippen molar-refractivity contribution in [2.24, 2.45) is 11.8 Å². The van der Waals surface area contributed by atoms with Crippen LogP contribution >= 0.6 is 7.82 Å².